The van der Waals surface area contributed by atoms with Crippen molar-refractivity contribution in [3.63, 3.8) is 0 Å². The Bertz CT molecular complexity index is 1230. The second-order valence-electron chi connectivity index (χ2n) is 7.73. The maximum absolute atomic E-state index is 13.7. The summed E-state index contributed by atoms with van der Waals surface area (Å²) in [6.45, 7) is 8.52. The van der Waals surface area contributed by atoms with E-state index in [1.165, 1.54) is 11.3 Å². The molecule has 0 spiro atoms. The Labute approximate surface area is 198 Å². The Morgan fingerprint density at radius 2 is 1.82 bits per heavy atom. The second-order valence-corrected chi connectivity index (χ2v) is 8.71. The summed E-state index contributed by atoms with van der Waals surface area (Å²) in [5, 5.41) is 0.638. The molecule has 6 nitrogen and oxygen atoms in total. The highest BCUT2D eigenvalue weighted by Gasteiger charge is 2.23. The van der Waals surface area contributed by atoms with Gasteiger partial charge in [0.25, 0.3) is 5.91 Å². The smallest absolute Gasteiger partial charge is 0.260 e. The van der Waals surface area contributed by atoms with Crippen LogP contribution in [0.5, 0.6) is 5.75 Å². The molecule has 7 heteroatoms. The van der Waals surface area contributed by atoms with Gasteiger partial charge in [0.1, 0.15) is 11.3 Å². The number of carbonyl (C=O) groups excluding carboxylic acids is 1. The lowest BCUT2D eigenvalue weighted by molar-refractivity contribution is 0.0985. The van der Waals surface area contributed by atoms with Crippen LogP contribution in [0.15, 0.2) is 60.9 Å². The van der Waals surface area contributed by atoms with E-state index >= 15 is 0 Å². The number of pyridine rings is 1. The molecule has 2 aromatic carbocycles. The topological polar surface area (TPSA) is 58.6 Å². The molecule has 4 rings (SSSR count). The molecule has 0 atom stereocenters. The monoisotopic (exact) mass is 460 g/mol. The van der Waals surface area contributed by atoms with Crippen molar-refractivity contribution >= 4 is 38.3 Å². The number of hydrogen-bond donors (Lipinski definition) is 0. The number of hydrogen-bond acceptors (Lipinski definition) is 6. The molecule has 0 unspecified atom stereocenters. The summed E-state index contributed by atoms with van der Waals surface area (Å²) in [6.07, 6.45) is 3.51. The van der Waals surface area contributed by atoms with Crippen LogP contribution >= 0.6 is 11.3 Å². The van der Waals surface area contributed by atoms with Crippen molar-refractivity contribution in [1.29, 1.82) is 0 Å². The number of benzene rings is 2. The second kappa shape index (κ2) is 10.0. The summed E-state index contributed by atoms with van der Waals surface area (Å²) < 4.78 is 6.54. The van der Waals surface area contributed by atoms with Crippen LogP contribution in [0.1, 0.15) is 35.3 Å². The zero-order valence-corrected chi connectivity index (χ0v) is 20.2. The van der Waals surface area contributed by atoms with Crippen LogP contribution in [0, 0.1) is 6.92 Å². The SMILES string of the molecule is CCN(CC)c1ccc(C(=O)N(Cc2cccnc2)c2nc3c(OC)ccc(C)c3s2)cc1. The van der Waals surface area contributed by atoms with Gasteiger partial charge in [-0.05, 0) is 68.3 Å². The van der Waals surface area contributed by atoms with E-state index < -0.39 is 0 Å². The summed E-state index contributed by atoms with van der Waals surface area (Å²) >= 11 is 1.50. The van der Waals surface area contributed by atoms with E-state index in [4.69, 9.17) is 9.72 Å². The summed E-state index contributed by atoms with van der Waals surface area (Å²) in [6, 6.07) is 15.6. The maximum atomic E-state index is 13.7. The third-order valence-corrected chi connectivity index (χ3v) is 6.91. The standard InChI is InChI=1S/C26H28N4O2S/c1-5-29(6-2)21-12-10-20(11-13-21)25(31)30(17-19-8-7-15-27-16-19)26-28-23-22(32-4)14-9-18(3)24(23)33-26/h7-16H,5-6,17H2,1-4H3. The lowest BCUT2D eigenvalue weighted by atomic mass is 10.1. The number of thiazole rings is 1. The number of carbonyl (C=O) groups is 1. The number of ether oxygens (including phenoxy) is 1. The highest BCUT2D eigenvalue weighted by molar-refractivity contribution is 7.22. The first-order valence-electron chi connectivity index (χ1n) is 11.1. The fraction of sp³-hybridized carbons (Fsp3) is 0.269. The van der Waals surface area contributed by atoms with Gasteiger partial charge in [0, 0.05) is 36.7 Å². The Morgan fingerprint density at radius 1 is 1.06 bits per heavy atom. The molecule has 0 saturated heterocycles. The number of aromatic nitrogens is 2. The van der Waals surface area contributed by atoms with Gasteiger partial charge in [-0.25, -0.2) is 4.98 Å². The molecule has 33 heavy (non-hydrogen) atoms. The average Bonchev–Trinajstić information content (AvgIpc) is 3.30. The van der Waals surface area contributed by atoms with Gasteiger partial charge in [0.2, 0.25) is 0 Å². The normalized spacial score (nSPS) is 10.9. The molecular weight excluding hydrogens is 432 g/mol. The third-order valence-electron chi connectivity index (χ3n) is 5.69. The molecule has 2 heterocycles. The number of rotatable bonds is 8. The van der Waals surface area contributed by atoms with Gasteiger partial charge in [-0.2, -0.15) is 0 Å². The van der Waals surface area contributed by atoms with E-state index in [2.05, 4.69) is 23.7 Å². The zero-order chi connectivity index (χ0) is 23.4. The first-order valence-corrected chi connectivity index (χ1v) is 11.9. The van der Waals surface area contributed by atoms with E-state index in [0.29, 0.717) is 23.0 Å². The van der Waals surface area contributed by atoms with Gasteiger partial charge in [-0.15, -0.1) is 0 Å². The van der Waals surface area contributed by atoms with Gasteiger partial charge >= 0.3 is 0 Å². The van der Waals surface area contributed by atoms with Crippen LogP contribution in [0.3, 0.4) is 0 Å². The fourth-order valence-electron chi connectivity index (χ4n) is 3.84. The zero-order valence-electron chi connectivity index (χ0n) is 19.4. The molecule has 0 fully saturated rings. The molecule has 0 N–H and O–H groups in total. The van der Waals surface area contributed by atoms with E-state index in [1.807, 2.05) is 55.5 Å². The van der Waals surface area contributed by atoms with Crippen molar-refractivity contribution < 1.29 is 9.53 Å². The molecule has 2 aromatic heterocycles. The van der Waals surface area contributed by atoms with E-state index in [0.717, 1.165) is 40.1 Å². The predicted molar refractivity (Wildman–Crippen MR) is 136 cm³/mol. The Hall–Kier alpha value is -3.45. The first-order chi connectivity index (χ1) is 16.0. The number of amides is 1. The van der Waals surface area contributed by atoms with Crippen LogP contribution in [-0.2, 0) is 6.54 Å². The lowest BCUT2D eigenvalue weighted by Gasteiger charge is -2.22. The van der Waals surface area contributed by atoms with Crippen molar-refractivity contribution in [2.75, 3.05) is 30.0 Å². The molecule has 0 aliphatic heterocycles. The van der Waals surface area contributed by atoms with Gasteiger partial charge in [0.15, 0.2) is 5.13 Å². The first kappa shape index (κ1) is 22.7. The van der Waals surface area contributed by atoms with Crippen molar-refractivity contribution in [3.8, 4) is 5.75 Å². The largest absolute Gasteiger partial charge is 0.494 e. The Morgan fingerprint density at radius 3 is 2.45 bits per heavy atom. The van der Waals surface area contributed by atoms with Crippen LogP contribution in [-0.4, -0.2) is 36.1 Å². The number of methoxy groups -OCH3 is 1. The quantitative estimate of drug-likeness (QED) is 0.337. The molecule has 0 bridgehead atoms. The van der Waals surface area contributed by atoms with Crippen molar-refractivity contribution in [3.05, 3.63) is 77.6 Å². The van der Waals surface area contributed by atoms with E-state index in [9.17, 15) is 4.79 Å². The summed E-state index contributed by atoms with van der Waals surface area (Å²) in [5.74, 6) is 0.607. The van der Waals surface area contributed by atoms with Gasteiger partial charge in [-0.3, -0.25) is 14.7 Å². The highest BCUT2D eigenvalue weighted by Crippen LogP contribution is 2.37. The molecular formula is C26H28N4O2S. The van der Waals surface area contributed by atoms with Crippen LogP contribution < -0.4 is 14.5 Å². The molecule has 4 aromatic rings. The number of aryl methyl sites for hydroxylation is 1. The van der Waals surface area contributed by atoms with Crippen LogP contribution in [0.4, 0.5) is 10.8 Å². The fourth-order valence-corrected chi connectivity index (χ4v) is 4.89. The summed E-state index contributed by atoms with van der Waals surface area (Å²) in [4.78, 5) is 26.7. The number of anilines is 2. The van der Waals surface area contributed by atoms with Crippen molar-refractivity contribution in [1.82, 2.24) is 9.97 Å². The molecule has 0 saturated carbocycles. The lowest BCUT2D eigenvalue weighted by Crippen LogP contribution is -2.30. The average molecular weight is 461 g/mol. The van der Waals surface area contributed by atoms with Gasteiger partial charge in [0.05, 0.1) is 18.4 Å². The molecule has 170 valence electrons. The van der Waals surface area contributed by atoms with Crippen molar-refractivity contribution in [2.45, 2.75) is 27.3 Å². The molecule has 0 aliphatic carbocycles. The van der Waals surface area contributed by atoms with Crippen molar-refractivity contribution in [2.24, 2.45) is 0 Å². The summed E-state index contributed by atoms with van der Waals surface area (Å²) in [5.41, 5.74) is 4.55. The maximum Gasteiger partial charge on any atom is 0.260 e. The Balaban J connectivity index is 1.75. The third kappa shape index (κ3) is 4.68. The minimum absolute atomic E-state index is 0.0966. The Kier molecular flexibility index (Phi) is 6.89. The van der Waals surface area contributed by atoms with E-state index in [-0.39, 0.29) is 5.91 Å². The van der Waals surface area contributed by atoms with Crippen LogP contribution in [0.2, 0.25) is 0 Å². The number of nitrogens with zero attached hydrogens (tertiary/aromatic N) is 4. The minimum Gasteiger partial charge on any atom is -0.494 e. The minimum atomic E-state index is -0.0966. The molecule has 1 amide bonds. The highest BCUT2D eigenvalue weighted by atomic mass is 32.1. The predicted octanol–water partition coefficient (Wildman–Crippen LogP) is 5.70. The van der Waals surface area contributed by atoms with E-state index in [1.54, 1.807) is 24.4 Å². The molecule has 0 radical (unpaired) electrons. The molecule has 0 aliphatic rings. The van der Waals surface area contributed by atoms with Gasteiger partial charge in [-0.1, -0.05) is 23.5 Å². The van der Waals surface area contributed by atoms with Crippen LogP contribution in [0.25, 0.3) is 10.2 Å². The van der Waals surface area contributed by atoms with Gasteiger partial charge < -0.3 is 9.64 Å². The summed E-state index contributed by atoms with van der Waals surface area (Å²) in [7, 11) is 1.64. The number of fused-ring (bicyclic) bond motifs is 1.